The first-order chi connectivity index (χ1) is 13.6. The van der Waals surface area contributed by atoms with Crippen LogP contribution < -0.4 is 0 Å². The Kier molecular flexibility index (Phi) is 5.07. The summed E-state index contributed by atoms with van der Waals surface area (Å²) in [5, 5.41) is 0. The van der Waals surface area contributed by atoms with E-state index in [0.717, 1.165) is 66.6 Å². The maximum absolute atomic E-state index is 12.8. The summed E-state index contributed by atoms with van der Waals surface area (Å²) in [7, 11) is 0. The molecular formula is C26H42O2. The number of rotatable bonds is 7. The third kappa shape index (κ3) is 2.90. The maximum Gasteiger partial charge on any atom is 0.306 e. The molecule has 0 spiro atoms. The van der Waals surface area contributed by atoms with Crippen LogP contribution in [0.25, 0.3) is 0 Å². The van der Waals surface area contributed by atoms with Crippen molar-refractivity contribution in [1.29, 1.82) is 0 Å². The maximum atomic E-state index is 12.8. The zero-order valence-corrected chi connectivity index (χ0v) is 18.5. The van der Waals surface area contributed by atoms with Crippen molar-refractivity contribution in [2.75, 3.05) is 0 Å². The number of carbonyl (C=O) groups excluding carboxylic acids is 1. The predicted molar refractivity (Wildman–Crippen MR) is 113 cm³/mol. The molecule has 28 heavy (non-hydrogen) atoms. The van der Waals surface area contributed by atoms with Gasteiger partial charge in [-0.3, -0.25) is 4.79 Å². The summed E-state index contributed by atoms with van der Waals surface area (Å²) >= 11 is 0. The lowest BCUT2D eigenvalue weighted by atomic mass is 9.69. The van der Waals surface area contributed by atoms with Crippen molar-refractivity contribution < 1.29 is 9.53 Å². The summed E-state index contributed by atoms with van der Waals surface area (Å²) in [5.41, 5.74) is -0.0904. The summed E-state index contributed by atoms with van der Waals surface area (Å²) in [5.74, 6) is 8.30. The van der Waals surface area contributed by atoms with E-state index >= 15 is 0 Å². The van der Waals surface area contributed by atoms with Crippen LogP contribution >= 0.6 is 0 Å². The number of carbonyl (C=O) groups is 1. The average Bonchev–Trinajstić information content (AvgIpc) is 3.49. The molecule has 4 bridgehead atoms. The van der Waals surface area contributed by atoms with Crippen LogP contribution in [0.3, 0.4) is 0 Å². The van der Waals surface area contributed by atoms with E-state index in [0.29, 0.717) is 12.3 Å². The third-order valence-corrected chi connectivity index (χ3v) is 10.6. The van der Waals surface area contributed by atoms with E-state index < -0.39 is 0 Å². The molecule has 0 aromatic carbocycles. The second-order valence-corrected chi connectivity index (χ2v) is 11.4. The Morgan fingerprint density at radius 1 is 0.929 bits per heavy atom. The average molecular weight is 387 g/mol. The SMILES string of the molecule is CCC1CC(CC)C2C3CC(CC3CCC(=O)OC3(CC)CC4CCC3C4)C12. The smallest absolute Gasteiger partial charge is 0.306 e. The number of ether oxygens (including phenoxy) is 1. The van der Waals surface area contributed by atoms with Crippen molar-refractivity contribution in [2.24, 2.45) is 53.3 Å². The first kappa shape index (κ1) is 19.4. The van der Waals surface area contributed by atoms with Crippen molar-refractivity contribution in [1.82, 2.24) is 0 Å². The Labute approximate surface area is 172 Å². The van der Waals surface area contributed by atoms with Crippen LogP contribution in [0, 0.1) is 53.3 Å². The molecule has 0 N–H and O–H groups in total. The quantitative estimate of drug-likeness (QED) is 0.459. The zero-order chi connectivity index (χ0) is 19.5. The van der Waals surface area contributed by atoms with E-state index in [1.807, 2.05) is 0 Å². The van der Waals surface area contributed by atoms with Crippen molar-refractivity contribution >= 4 is 5.97 Å². The highest BCUT2D eigenvalue weighted by molar-refractivity contribution is 5.70. The Balaban J connectivity index is 1.18. The van der Waals surface area contributed by atoms with E-state index in [1.165, 1.54) is 51.4 Å². The van der Waals surface area contributed by atoms with Gasteiger partial charge in [-0.2, -0.15) is 0 Å². The molecule has 5 fully saturated rings. The largest absolute Gasteiger partial charge is 0.459 e. The molecule has 2 heteroatoms. The monoisotopic (exact) mass is 386 g/mol. The molecule has 10 atom stereocenters. The molecule has 5 aliphatic rings. The number of hydrogen-bond donors (Lipinski definition) is 0. The van der Waals surface area contributed by atoms with Gasteiger partial charge in [-0.05, 0) is 111 Å². The van der Waals surface area contributed by atoms with Gasteiger partial charge in [-0.1, -0.05) is 33.6 Å². The first-order valence-corrected chi connectivity index (χ1v) is 12.8. The van der Waals surface area contributed by atoms with E-state index in [-0.39, 0.29) is 11.6 Å². The molecule has 158 valence electrons. The molecule has 2 nitrogen and oxygen atoms in total. The summed E-state index contributed by atoms with van der Waals surface area (Å²) < 4.78 is 6.25. The minimum Gasteiger partial charge on any atom is -0.459 e. The van der Waals surface area contributed by atoms with Crippen LogP contribution in [0.1, 0.15) is 97.8 Å². The Morgan fingerprint density at radius 2 is 1.71 bits per heavy atom. The third-order valence-electron chi connectivity index (χ3n) is 10.6. The van der Waals surface area contributed by atoms with E-state index in [1.54, 1.807) is 0 Å². The lowest BCUT2D eigenvalue weighted by Crippen LogP contribution is -2.40. The molecule has 0 radical (unpaired) electrons. The van der Waals surface area contributed by atoms with Gasteiger partial charge in [-0.15, -0.1) is 0 Å². The Bertz CT molecular complexity index is 599. The Morgan fingerprint density at radius 3 is 2.36 bits per heavy atom. The van der Waals surface area contributed by atoms with E-state index in [2.05, 4.69) is 20.8 Å². The van der Waals surface area contributed by atoms with Gasteiger partial charge >= 0.3 is 5.97 Å². The summed E-state index contributed by atoms with van der Waals surface area (Å²) in [6.07, 6.45) is 15.1. The molecule has 5 rings (SSSR count). The van der Waals surface area contributed by atoms with E-state index in [4.69, 9.17) is 4.74 Å². The van der Waals surface area contributed by atoms with Crippen molar-refractivity contribution in [2.45, 2.75) is 103 Å². The van der Waals surface area contributed by atoms with Crippen LogP contribution in [-0.4, -0.2) is 11.6 Å². The first-order valence-electron chi connectivity index (χ1n) is 12.8. The fourth-order valence-electron chi connectivity index (χ4n) is 9.47. The van der Waals surface area contributed by atoms with Crippen molar-refractivity contribution in [3.05, 3.63) is 0 Å². The second kappa shape index (κ2) is 7.31. The molecule has 5 saturated carbocycles. The van der Waals surface area contributed by atoms with Crippen LogP contribution in [-0.2, 0) is 9.53 Å². The highest BCUT2D eigenvalue weighted by atomic mass is 16.6. The highest BCUT2D eigenvalue weighted by Crippen LogP contribution is 2.66. The summed E-state index contributed by atoms with van der Waals surface area (Å²) in [6, 6.07) is 0. The molecule has 0 heterocycles. The number of esters is 1. The molecule has 0 amide bonds. The zero-order valence-electron chi connectivity index (χ0n) is 18.5. The minimum atomic E-state index is -0.0904. The molecule has 0 aromatic rings. The number of fused-ring (bicyclic) bond motifs is 7. The summed E-state index contributed by atoms with van der Waals surface area (Å²) in [4.78, 5) is 12.8. The molecule has 0 aromatic heterocycles. The normalized spacial score (nSPS) is 51.0. The highest BCUT2D eigenvalue weighted by Gasteiger charge is 2.59. The van der Waals surface area contributed by atoms with Gasteiger partial charge in [0.1, 0.15) is 5.60 Å². The van der Waals surface area contributed by atoms with Crippen LogP contribution in [0.15, 0.2) is 0 Å². The van der Waals surface area contributed by atoms with Gasteiger partial charge in [0, 0.05) is 6.42 Å². The molecule has 0 saturated heterocycles. The fraction of sp³-hybridized carbons (Fsp3) is 0.962. The Hall–Kier alpha value is -0.530. The van der Waals surface area contributed by atoms with Gasteiger partial charge in [0.2, 0.25) is 0 Å². The van der Waals surface area contributed by atoms with Crippen LogP contribution in [0.5, 0.6) is 0 Å². The predicted octanol–water partition coefficient (Wildman–Crippen LogP) is 6.62. The van der Waals surface area contributed by atoms with Gasteiger partial charge in [-0.25, -0.2) is 0 Å². The standard InChI is InChI=1S/C26H42O2/c1-4-17-12-18(5-2)25-22-14-20(24(17)25)13-19(22)8-10-23(27)28-26(6-3)15-16-7-9-21(26)11-16/h16-22,24-25H,4-15H2,1-3H3. The van der Waals surface area contributed by atoms with Crippen molar-refractivity contribution in [3.8, 4) is 0 Å². The molecule has 5 aliphatic carbocycles. The van der Waals surface area contributed by atoms with Crippen molar-refractivity contribution in [3.63, 3.8) is 0 Å². The molecule has 10 unspecified atom stereocenters. The number of hydrogen-bond acceptors (Lipinski definition) is 2. The van der Waals surface area contributed by atoms with Gasteiger partial charge in [0.25, 0.3) is 0 Å². The lowest BCUT2D eigenvalue weighted by molar-refractivity contribution is -0.167. The summed E-state index contributed by atoms with van der Waals surface area (Å²) in [6.45, 7) is 7.06. The second-order valence-electron chi connectivity index (χ2n) is 11.4. The van der Waals surface area contributed by atoms with Crippen LogP contribution in [0.4, 0.5) is 0 Å². The molecule has 0 aliphatic heterocycles. The molecular weight excluding hydrogens is 344 g/mol. The van der Waals surface area contributed by atoms with Gasteiger partial charge in [0.05, 0.1) is 0 Å². The fourth-order valence-corrected chi connectivity index (χ4v) is 9.47. The van der Waals surface area contributed by atoms with Gasteiger partial charge < -0.3 is 4.74 Å². The van der Waals surface area contributed by atoms with Gasteiger partial charge in [0.15, 0.2) is 0 Å². The topological polar surface area (TPSA) is 26.3 Å². The lowest BCUT2D eigenvalue weighted by Gasteiger charge is -2.37. The minimum absolute atomic E-state index is 0.0904. The van der Waals surface area contributed by atoms with E-state index in [9.17, 15) is 4.79 Å². The van der Waals surface area contributed by atoms with Crippen LogP contribution in [0.2, 0.25) is 0 Å².